The van der Waals surface area contributed by atoms with E-state index in [0.717, 1.165) is 25.1 Å². The topological polar surface area (TPSA) is 55.6 Å². The van der Waals surface area contributed by atoms with Crippen molar-refractivity contribution in [1.82, 2.24) is 5.06 Å². The van der Waals surface area contributed by atoms with Gasteiger partial charge < -0.3 is 0 Å². The Morgan fingerprint density at radius 3 is 2.67 bits per heavy atom. The van der Waals surface area contributed by atoms with Crippen LogP contribution in [0.5, 0.6) is 0 Å². The number of non-ortho nitro benzene ring substituents is 1. The summed E-state index contributed by atoms with van der Waals surface area (Å²) in [4.78, 5) is 15.4. The molecule has 0 aromatic heterocycles. The molecular formula is C10H12N2O3. The lowest BCUT2D eigenvalue weighted by Crippen LogP contribution is -2.16. The van der Waals surface area contributed by atoms with Gasteiger partial charge in [-0.1, -0.05) is 12.1 Å². The summed E-state index contributed by atoms with van der Waals surface area (Å²) in [5.74, 6) is 0. The third kappa shape index (κ3) is 2.51. The van der Waals surface area contributed by atoms with Crippen molar-refractivity contribution in [2.24, 2.45) is 0 Å². The predicted octanol–water partition coefficient (Wildman–Crippen LogP) is 1.73. The molecule has 0 saturated carbocycles. The molecule has 1 aromatic carbocycles. The van der Waals surface area contributed by atoms with Gasteiger partial charge in [0.25, 0.3) is 5.69 Å². The van der Waals surface area contributed by atoms with Gasteiger partial charge in [-0.25, -0.2) is 0 Å². The lowest BCUT2D eigenvalue weighted by atomic mass is 10.2. The maximum Gasteiger partial charge on any atom is 0.269 e. The molecular weight excluding hydrogens is 196 g/mol. The molecule has 1 fully saturated rings. The van der Waals surface area contributed by atoms with Crippen LogP contribution in [0, 0.1) is 10.1 Å². The van der Waals surface area contributed by atoms with Crippen molar-refractivity contribution < 1.29 is 9.76 Å². The summed E-state index contributed by atoms with van der Waals surface area (Å²) in [7, 11) is 0. The normalized spacial score (nSPS) is 16.8. The van der Waals surface area contributed by atoms with Gasteiger partial charge in [-0.3, -0.25) is 15.0 Å². The number of hydrogen-bond donors (Lipinski definition) is 0. The molecule has 0 amide bonds. The van der Waals surface area contributed by atoms with E-state index >= 15 is 0 Å². The zero-order chi connectivity index (χ0) is 10.7. The van der Waals surface area contributed by atoms with Crippen molar-refractivity contribution in [1.29, 1.82) is 0 Å². The van der Waals surface area contributed by atoms with E-state index in [0.29, 0.717) is 6.54 Å². The molecule has 1 aliphatic rings. The molecule has 15 heavy (non-hydrogen) atoms. The molecule has 0 bridgehead atoms. The Hall–Kier alpha value is -1.46. The molecule has 1 aliphatic heterocycles. The first-order valence-corrected chi connectivity index (χ1v) is 4.87. The van der Waals surface area contributed by atoms with Crippen molar-refractivity contribution >= 4 is 5.69 Å². The average molecular weight is 208 g/mol. The Morgan fingerprint density at radius 1 is 1.40 bits per heavy atom. The first-order valence-electron chi connectivity index (χ1n) is 4.87. The molecule has 80 valence electrons. The maximum absolute atomic E-state index is 10.4. The van der Waals surface area contributed by atoms with Gasteiger partial charge in [-0.2, -0.15) is 5.06 Å². The predicted molar refractivity (Wildman–Crippen MR) is 54.1 cm³/mol. The minimum absolute atomic E-state index is 0.126. The lowest BCUT2D eigenvalue weighted by Gasteiger charge is -2.12. The van der Waals surface area contributed by atoms with Crippen LogP contribution in [-0.4, -0.2) is 23.1 Å². The zero-order valence-corrected chi connectivity index (χ0v) is 8.26. The van der Waals surface area contributed by atoms with E-state index in [9.17, 15) is 10.1 Å². The van der Waals surface area contributed by atoms with Crippen molar-refractivity contribution in [3.63, 3.8) is 0 Å². The number of hydrogen-bond acceptors (Lipinski definition) is 4. The van der Waals surface area contributed by atoms with Gasteiger partial charge in [0.2, 0.25) is 0 Å². The second-order valence-corrected chi connectivity index (χ2v) is 3.47. The second-order valence-electron chi connectivity index (χ2n) is 3.47. The summed E-state index contributed by atoms with van der Waals surface area (Å²) in [5, 5.41) is 12.3. The van der Waals surface area contributed by atoms with Crippen LogP contribution in [-0.2, 0) is 11.4 Å². The quantitative estimate of drug-likeness (QED) is 0.560. The zero-order valence-electron chi connectivity index (χ0n) is 8.26. The standard InChI is InChI=1S/C10H12N2O3/c13-12(14)10-4-2-9(3-5-10)8-11-6-1-7-15-11/h2-5H,1,6-8H2. The smallest absolute Gasteiger partial charge is 0.269 e. The molecule has 1 saturated heterocycles. The first-order chi connectivity index (χ1) is 7.25. The number of nitro benzene ring substituents is 1. The highest BCUT2D eigenvalue weighted by Gasteiger charge is 2.13. The summed E-state index contributed by atoms with van der Waals surface area (Å²) >= 11 is 0. The highest BCUT2D eigenvalue weighted by molar-refractivity contribution is 5.32. The van der Waals surface area contributed by atoms with E-state index in [1.165, 1.54) is 12.1 Å². The minimum atomic E-state index is -0.393. The van der Waals surface area contributed by atoms with E-state index in [-0.39, 0.29) is 5.69 Å². The summed E-state index contributed by atoms with van der Waals surface area (Å²) in [6.07, 6.45) is 1.05. The third-order valence-corrected chi connectivity index (χ3v) is 2.33. The second kappa shape index (κ2) is 4.37. The van der Waals surface area contributed by atoms with Gasteiger partial charge in [-0.05, 0) is 12.0 Å². The van der Waals surface area contributed by atoms with Crippen molar-refractivity contribution in [3.05, 3.63) is 39.9 Å². The first kappa shape index (κ1) is 10.1. The molecule has 2 rings (SSSR count). The van der Waals surface area contributed by atoms with Gasteiger partial charge in [0, 0.05) is 25.2 Å². The Morgan fingerprint density at radius 2 is 2.13 bits per heavy atom. The fraction of sp³-hybridized carbons (Fsp3) is 0.400. The molecule has 5 heteroatoms. The Bertz CT molecular complexity index is 344. The van der Waals surface area contributed by atoms with Crippen LogP contribution in [0.1, 0.15) is 12.0 Å². The summed E-state index contributed by atoms with van der Waals surface area (Å²) in [5.41, 5.74) is 1.16. The van der Waals surface area contributed by atoms with Gasteiger partial charge in [-0.15, -0.1) is 0 Å². The molecule has 0 N–H and O–H groups in total. The van der Waals surface area contributed by atoms with Crippen LogP contribution in [0.25, 0.3) is 0 Å². The molecule has 0 spiro atoms. The number of rotatable bonds is 3. The van der Waals surface area contributed by atoms with Crippen LogP contribution in [0.2, 0.25) is 0 Å². The fourth-order valence-electron chi connectivity index (χ4n) is 1.55. The SMILES string of the molecule is O=[N+]([O-])c1ccc(CN2CCCO2)cc1. The average Bonchev–Trinajstić information content (AvgIpc) is 2.71. The van der Waals surface area contributed by atoms with E-state index in [1.54, 1.807) is 12.1 Å². The van der Waals surface area contributed by atoms with Gasteiger partial charge in [0.1, 0.15) is 0 Å². The molecule has 1 heterocycles. The monoisotopic (exact) mass is 208 g/mol. The third-order valence-electron chi connectivity index (χ3n) is 2.33. The molecule has 1 aromatic rings. The highest BCUT2D eigenvalue weighted by atomic mass is 16.7. The van der Waals surface area contributed by atoms with Crippen LogP contribution in [0.4, 0.5) is 5.69 Å². The largest absolute Gasteiger partial charge is 0.299 e. The van der Waals surface area contributed by atoms with E-state index < -0.39 is 4.92 Å². The number of hydroxylamine groups is 2. The maximum atomic E-state index is 10.4. The summed E-state index contributed by atoms with van der Waals surface area (Å²) in [6.45, 7) is 2.39. The number of nitrogens with zero attached hydrogens (tertiary/aromatic N) is 2. The molecule has 0 unspecified atom stereocenters. The van der Waals surface area contributed by atoms with E-state index in [1.807, 2.05) is 5.06 Å². The lowest BCUT2D eigenvalue weighted by molar-refractivity contribution is -0.384. The number of nitro groups is 1. The molecule has 5 nitrogen and oxygen atoms in total. The fourth-order valence-corrected chi connectivity index (χ4v) is 1.55. The molecule has 0 aliphatic carbocycles. The minimum Gasteiger partial charge on any atom is -0.299 e. The molecule has 0 atom stereocenters. The van der Waals surface area contributed by atoms with Crippen molar-refractivity contribution in [2.75, 3.05) is 13.2 Å². The van der Waals surface area contributed by atoms with E-state index in [2.05, 4.69) is 0 Å². The van der Waals surface area contributed by atoms with Crippen LogP contribution >= 0.6 is 0 Å². The van der Waals surface area contributed by atoms with Gasteiger partial charge in [0.15, 0.2) is 0 Å². The summed E-state index contributed by atoms with van der Waals surface area (Å²) in [6, 6.07) is 6.57. The van der Waals surface area contributed by atoms with Crippen molar-refractivity contribution in [3.8, 4) is 0 Å². The van der Waals surface area contributed by atoms with Crippen molar-refractivity contribution in [2.45, 2.75) is 13.0 Å². The Labute approximate surface area is 87.4 Å². The Kier molecular flexibility index (Phi) is 2.94. The van der Waals surface area contributed by atoms with Gasteiger partial charge >= 0.3 is 0 Å². The van der Waals surface area contributed by atoms with E-state index in [4.69, 9.17) is 4.84 Å². The van der Waals surface area contributed by atoms with Crippen LogP contribution < -0.4 is 0 Å². The van der Waals surface area contributed by atoms with Gasteiger partial charge in [0.05, 0.1) is 11.5 Å². The highest BCUT2D eigenvalue weighted by Crippen LogP contribution is 2.15. The number of benzene rings is 1. The molecule has 0 radical (unpaired) electrons. The van der Waals surface area contributed by atoms with Crippen LogP contribution in [0.15, 0.2) is 24.3 Å². The summed E-state index contributed by atoms with van der Waals surface area (Å²) < 4.78 is 0. The van der Waals surface area contributed by atoms with Crippen LogP contribution in [0.3, 0.4) is 0 Å². The Balaban J connectivity index is 2.00.